The highest BCUT2D eigenvalue weighted by Gasteiger charge is 2.04. The lowest BCUT2D eigenvalue weighted by Crippen LogP contribution is -1.96. The number of pyridine rings is 1. The van der Waals surface area contributed by atoms with E-state index in [1.54, 1.807) is 0 Å². The summed E-state index contributed by atoms with van der Waals surface area (Å²) in [5.74, 6) is -0.373. The Morgan fingerprint density at radius 2 is 2.44 bits per heavy atom. The van der Waals surface area contributed by atoms with Crippen LogP contribution in [0.4, 0.5) is 5.69 Å². The highest BCUT2D eigenvalue weighted by Crippen LogP contribution is 2.11. The van der Waals surface area contributed by atoms with Crippen molar-refractivity contribution in [3.8, 4) is 0 Å². The highest BCUT2D eigenvalue weighted by atomic mass is 16.6. The predicted molar refractivity (Wildman–Crippen MR) is 56.6 cm³/mol. The molecule has 0 N–H and O–H groups in total. The van der Waals surface area contributed by atoms with Gasteiger partial charge in [-0.2, -0.15) is 0 Å². The molecule has 0 atom stereocenters. The van der Waals surface area contributed by atoms with Gasteiger partial charge in [-0.3, -0.25) is 19.9 Å². The fraction of sp³-hybridized carbons (Fsp3) is 0.200. The molecule has 0 saturated carbocycles. The zero-order valence-corrected chi connectivity index (χ0v) is 8.62. The number of nitrogens with zero attached hydrogens (tertiary/aromatic N) is 2. The van der Waals surface area contributed by atoms with Gasteiger partial charge in [0.2, 0.25) is 0 Å². The Morgan fingerprint density at radius 1 is 1.69 bits per heavy atom. The molecule has 1 aromatic heterocycles. The number of carbonyl (C=O) groups excluding carboxylic acids is 1. The maximum Gasteiger partial charge on any atom is 0.309 e. The molecule has 0 aromatic carbocycles. The van der Waals surface area contributed by atoms with Gasteiger partial charge in [-0.15, -0.1) is 0 Å². The Bertz CT molecular complexity index is 429. The Kier molecular flexibility index (Phi) is 4.14. The number of aromatic nitrogens is 1. The third-order valence-corrected chi connectivity index (χ3v) is 1.78. The summed E-state index contributed by atoms with van der Waals surface area (Å²) in [5.41, 5.74) is 0.394. The van der Waals surface area contributed by atoms with Crippen LogP contribution in [0.15, 0.2) is 24.4 Å². The number of hydrogen-bond donors (Lipinski definition) is 0. The molecule has 0 aliphatic heterocycles. The van der Waals surface area contributed by atoms with E-state index in [9.17, 15) is 14.9 Å². The SMILES string of the molecule is COC(=O)CC=Cc1cc([N+](=O)[O-])ccn1. The first-order chi connectivity index (χ1) is 7.63. The average molecular weight is 222 g/mol. The molecule has 0 aliphatic carbocycles. The summed E-state index contributed by atoms with van der Waals surface area (Å²) in [6, 6.07) is 2.63. The Labute approximate surface area is 91.7 Å². The summed E-state index contributed by atoms with van der Waals surface area (Å²) < 4.78 is 4.43. The van der Waals surface area contributed by atoms with Crippen molar-refractivity contribution in [1.82, 2.24) is 4.98 Å². The summed E-state index contributed by atoms with van der Waals surface area (Å²) in [5, 5.41) is 10.5. The van der Waals surface area contributed by atoms with Crippen LogP contribution in [0, 0.1) is 10.1 Å². The van der Waals surface area contributed by atoms with Gasteiger partial charge in [0.15, 0.2) is 0 Å². The molecule has 0 amide bonds. The van der Waals surface area contributed by atoms with E-state index in [2.05, 4.69) is 9.72 Å². The summed E-state index contributed by atoms with van der Waals surface area (Å²) in [6.45, 7) is 0. The molecule has 0 fully saturated rings. The second-order valence-electron chi connectivity index (χ2n) is 2.88. The van der Waals surface area contributed by atoms with E-state index in [-0.39, 0.29) is 18.1 Å². The van der Waals surface area contributed by atoms with Crippen molar-refractivity contribution in [3.63, 3.8) is 0 Å². The van der Waals surface area contributed by atoms with E-state index in [0.717, 1.165) is 0 Å². The van der Waals surface area contributed by atoms with Gasteiger partial charge in [0.05, 0.1) is 24.1 Å². The number of nitro groups is 1. The number of ether oxygens (including phenoxy) is 1. The minimum atomic E-state index is -0.501. The second kappa shape index (κ2) is 5.59. The van der Waals surface area contributed by atoms with Crippen molar-refractivity contribution in [3.05, 3.63) is 40.2 Å². The van der Waals surface area contributed by atoms with Gasteiger partial charge in [-0.25, -0.2) is 0 Å². The molecule has 0 bridgehead atoms. The molecule has 0 unspecified atom stereocenters. The van der Waals surface area contributed by atoms with Crippen LogP contribution < -0.4 is 0 Å². The normalized spacial score (nSPS) is 10.3. The third kappa shape index (κ3) is 3.49. The standard InChI is InChI=1S/C10H10N2O4/c1-16-10(13)4-2-3-8-7-9(12(14)15)5-6-11-8/h2-3,5-7H,4H2,1H3. The molecule has 1 rings (SSSR count). The van der Waals surface area contributed by atoms with Gasteiger partial charge in [0, 0.05) is 18.3 Å². The molecule has 1 aromatic rings. The molecular formula is C10H10N2O4. The number of hydrogen-bond acceptors (Lipinski definition) is 5. The molecule has 1 heterocycles. The van der Waals surface area contributed by atoms with Crippen molar-refractivity contribution in [2.45, 2.75) is 6.42 Å². The molecule has 6 nitrogen and oxygen atoms in total. The first kappa shape index (κ1) is 11.8. The summed E-state index contributed by atoms with van der Waals surface area (Å²) >= 11 is 0. The van der Waals surface area contributed by atoms with E-state index in [1.165, 1.54) is 37.6 Å². The van der Waals surface area contributed by atoms with Crippen LogP contribution in [0.2, 0.25) is 0 Å². The lowest BCUT2D eigenvalue weighted by Gasteiger charge is -1.94. The number of esters is 1. The van der Waals surface area contributed by atoms with Gasteiger partial charge in [-0.1, -0.05) is 6.08 Å². The molecular weight excluding hydrogens is 212 g/mol. The van der Waals surface area contributed by atoms with E-state index in [4.69, 9.17) is 0 Å². The van der Waals surface area contributed by atoms with Crippen molar-refractivity contribution < 1.29 is 14.5 Å². The Balaban J connectivity index is 2.70. The number of methoxy groups -OCH3 is 1. The first-order valence-electron chi connectivity index (χ1n) is 4.47. The van der Waals surface area contributed by atoms with Crippen molar-refractivity contribution in [2.24, 2.45) is 0 Å². The van der Waals surface area contributed by atoms with E-state index in [1.807, 2.05) is 0 Å². The van der Waals surface area contributed by atoms with Crippen LogP contribution in [0.3, 0.4) is 0 Å². The molecule has 6 heteroatoms. The van der Waals surface area contributed by atoms with Crippen molar-refractivity contribution >= 4 is 17.7 Å². The quantitative estimate of drug-likeness (QED) is 0.438. The highest BCUT2D eigenvalue weighted by molar-refractivity contribution is 5.72. The van der Waals surface area contributed by atoms with E-state index in [0.29, 0.717) is 5.69 Å². The van der Waals surface area contributed by atoms with Gasteiger partial charge < -0.3 is 4.74 Å². The molecule has 16 heavy (non-hydrogen) atoms. The van der Waals surface area contributed by atoms with Crippen LogP contribution in [0.5, 0.6) is 0 Å². The monoisotopic (exact) mass is 222 g/mol. The zero-order valence-electron chi connectivity index (χ0n) is 8.62. The maximum atomic E-state index is 10.8. The van der Waals surface area contributed by atoms with Crippen LogP contribution in [-0.4, -0.2) is 23.0 Å². The molecule has 0 spiro atoms. The first-order valence-corrected chi connectivity index (χ1v) is 4.47. The van der Waals surface area contributed by atoms with E-state index >= 15 is 0 Å². The van der Waals surface area contributed by atoms with Crippen molar-refractivity contribution in [1.29, 1.82) is 0 Å². The second-order valence-corrected chi connectivity index (χ2v) is 2.88. The fourth-order valence-electron chi connectivity index (χ4n) is 1.00. The number of carbonyl (C=O) groups is 1. The minimum Gasteiger partial charge on any atom is -0.469 e. The summed E-state index contributed by atoms with van der Waals surface area (Å²) in [4.78, 5) is 24.6. The van der Waals surface area contributed by atoms with Gasteiger partial charge >= 0.3 is 5.97 Å². The fourth-order valence-corrected chi connectivity index (χ4v) is 1.00. The van der Waals surface area contributed by atoms with Crippen LogP contribution >= 0.6 is 0 Å². The molecule has 0 radical (unpaired) electrons. The average Bonchev–Trinajstić information content (AvgIpc) is 2.29. The smallest absolute Gasteiger partial charge is 0.309 e. The van der Waals surface area contributed by atoms with Crippen molar-refractivity contribution in [2.75, 3.05) is 7.11 Å². The lowest BCUT2D eigenvalue weighted by atomic mass is 10.3. The molecule has 0 saturated heterocycles. The van der Waals surface area contributed by atoms with Crippen LogP contribution in [-0.2, 0) is 9.53 Å². The van der Waals surface area contributed by atoms with Gasteiger partial charge in [0.25, 0.3) is 5.69 Å². The number of rotatable bonds is 4. The summed E-state index contributed by atoms with van der Waals surface area (Å²) in [6.07, 6.45) is 4.53. The maximum absolute atomic E-state index is 10.8. The Morgan fingerprint density at radius 3 is 3.06 bits per heavy atom. The predicted octanol–water partition coefficient (Wildman–Crippen LogP) is 1.57. The largest absolute Gasteiger partial charge is 0.469 e. The van der Waals surface area contributed by atoms with Crippen LogP contribution in [0.1, 0.15) is 12.1 Å². The lowest BCUT2D eigenvalue weighted by molar-refractivity contribution is -0.384. The minimum absolute atomic E-state index is 0.0345. The van der Waals surface area contributed by atoms with Crippen LogP contribution in [0.25, 0.3) is 6.08 Å². The van der Waals surface area contributed by atoms with Gasteiger partial charge in [0.1, 0.15) is 0 Å². The van der Waals surface area contributed by atoms with E-state index < -0.39 is 4.92 Å². The zero-order chi connectivity index (χ0) is 12.0. The molecule has 0 aliphatic rings. The third-order valence-electron chi connectivity index (χ3n) is 1.78. The topological polar surface area (TPSA) is 82.3 Å². The van der Waals surface area contributed by atoms with Gasteiger partial charge in [-0.05, 0) is 6.08 Å². The summed E-state index contributed by atoms with van der Waals surface area (Å²) in [7, 11) is 1.29. The molecule has 84 valence electrons. The Hall–Kier alpha value is -2.24.